The number of nitrogens with one attached hydrogen (secondary N) is 1. The maximum Gasteiger partial charge on any atom is 0.335 e. The summed E-state index contributed by atoms with van der Waals surface area (Å²) >= 11 is 0. The number of anilines is 2. The quantitative estimate of drug-likeness (QED) is 0.728. The van der Waals surface area contributed by atoms with Gasteiger partial charge in [0.1, 0.15) is 0 Å². The molecule has 2 rings (SSSR count). The first-order chi connectivity index (χ1) is 9.54. The van der Waals surface area contributed by atoms with Gasteiger partial charge < -0.3 is 15.7 Å². The van der Waals surface area contributed by atoms with E-state index in [-0.39, 0.29) is 17.2 Å². The number of rotatable bonds is 4. The van der Waals surface area contributed by atoms with Gasteiger partial charge in [-0.15, -0.1) is 0 Å². The van der Waals surface area contributed by atoms with E-state index >= 15 is 0 Å². The predicted molar refractivity (Wildman–Crippen MR) is 73.8 cm³/mol. The molecule has 0 aliphatic rings. The minimum atomic E-state index is -1.06. The van der Waals surface area contributed by atoms with Gasteiger partial charge in [-0.05, 0) is 25.1 Å². The zero-order valence-electron chi connectivity index (χ0n) is 10.8. The molecule has 1 amide bonds. The van der Waals surface area contributed by atoms with Gasteiger partial charge in [0.05, 0.1) is 28.7 Å². The van der Waals surface area contributed by atoms with Gasteiger partial charge in [0, 0.05) is 12.7 Å². The van der Waals surface area contributed by atoms with Gasteiger partial charge in [-0.3, -0.25) is 9.89 Å². The molecular formula is C13H14N4O3. The Bertz CT molecular complexity index is 637. The highest BCUT2D eigenvalue weighted by molar-refractivity contribution is 6.07. The van der Waals surface area contributed by atoms with Crippen molar-refractivity contribution in [3.8, 4) is 0 Å². The first-order valence-corrected chi connectivity index (χ1v) is 5.98. The number of amides is 1. The highest BCUT2D eigenvalue weighted by Crippen LogP contribution is 2.25. The van der Waals surface area contributed by atoms with E-state index in [2.05, 4.69) is 10.2 Å². The second-order valence-electron chi connectivity index (χ2n) is 4.12. The predicted octanol–water partition coefficient (Wildman–Crippen LogP) is 1.36. The molecule has 2 aromatic rings. The van der Waals surface area contributed by atoms with Crippen molar-refractivity contribution in [2.24, 2.45) is 0 Å². The molecule has 0 spiro atoms. The van der Waals surface area contributed by atoms with Crippen molar-refractivity contribution in [2.75, 3.05) is 17.2 Å². The number of carbonyl (C=O) groups is 2. The molecule has 0 saturated carbocycles. The van der Waals surface area contributed by atoms with Crippen LogP contribution in [0.3, 0.4) is 0 Å². The Morgan fingerprint density at radius 3 is 2.65 bits per heavy atom. The molecule has 7 nitrogen and oxygen atoms in total. The van der Waals surface area contributed by atoms with E-state index < -0.39 is 5.97 Å². The molecule has 0 saturated heterocycles. The molecule has 1 heterocycles. The molecule has 7 heteroatoms. The monoisotopic (exact) mass is 274 g/mol. The summed E-state index contributed by atoms with van der Waals surface area (Å²) in [5, 5.41) is 15.2. The lowest BCUT2D eigenvalue weighted by molar-refractivity contribution is 0.0697. The van der Waals surface area contributed by atoms with E-state index in [1.54, 1.807) is 0 Å². The van der Waals surface area contributed by atoms with Crippen molar-refractivity contribution in [3.63, 3.8) is 0 Å². The highest BCUT2D eigenvalue weighted by atomic mass is 16.4. The largest absolute Gasteiger partial charge is 0.478 e. The summed E-state index contributed by atoms with van der Waals surface area (Å²) in [6, 6.07) is 4.28. The Morgan fingerprint density at radius 1 is 1.40 bits per heavy atom. The van der Waals surface area contributed by atoms with E-state index in [1.807, 2.05) is 6.92 Å². The van der Waals surface area contributed by atoms with Crippen LogP contribution in [0.4, 0.5) is 11.4 Å². The molecule has 0 bridgehead atoms. The van der Waals surface area contributed by atoms with Crippen molar-refractivity contribution < 1.29 is 14.7 Å². The number of nitrogens with zero attached hydrogens (tertiary/aromatic N) is 2. The van der Waals surface area contributed by atoms with Crippen LogP contribution in [0.5, 0.6) is 0 Å². The average molecular weight is 274 g/mol. The molecule has 1 aromatic carbocycles. The third-order valence-electron chi connectivity index (χ3n) is 2.87. The summed E-state index contributed by atoms with van der Waals surface area (Å²) in [6.07, 6.45) is 2.92. The lowest BCUT2D eigenvalue weighted by Crippen LogP contribution is -2.31. The minimum absolute atomic E-state index is 0.0815. The van der Waals surface area contributed by atoms with Crippen molar-refractivity contribution in [2.45, 2.75) is 6.92 Å². The van der Waals surface area contributed by atoms with Crippen LogP contribution in [0.25, 0.3) is 0 Å². The van der Waals surface area contributed by atoms with Crippen molar-refractivity contribution in [1.82, 2.24) is 10.2 Å². The number of nitrogens with two attached hydrogens (primary N) is 1. The standard InChI is InChI=1S/C13H14N4O3/c1-2-17(12(18)9-6-15-16-7-9)11-4-3-8(13(19)20)5-10(11)14/h3-7H,2,14H2,1H3,(H,15,16)(H,19,20). The number of nitrogen functional groups attached to an aromatic ring is 1. The van der Waals surface area contributed by atoms with Crippen LogP contribution in [0.2, 0.25) is 0 Å². The summed E-state index contributed by atoms with van der Waals surface area (Å²) < 4.78 is 0. The summed E-state index contributed by atoms with van der Waals surface area (Å²) in [7, 11) is 0. The Labute approximate surface area is 115 Å². The van der Waals surface area contributed by atoms with Crippen molar-refractivity contribution in [3.05, 3.63) is 41.7 Å². The molecule has 0 unspecified atom stereocenters. The molecule has 104 valence electrons. The molecule has 0 atom stereocenters. The van der Waals surface area contributed by atoms with Gasteiger partial charge in [-0.1, -0.05) is 0 Å². The number of aromatic amines is 1. The van der Waals surface area contributed by atoms with Gasteiger partial charge in [0.25, 0.3) is 5.91 Å². The lowest BCUT2D eigenvalue weighted by atomic mass is 10.1. The smallest absolute Gasteiger partial charge is 0.335 e. The van der Waals surface area contributed by atoms with E-state index in [0.29, 0.717) is 17.8 Å². The zero-order valence-corrected chi connectivity index (χ0v) is 10.8. The van der Waals surface area contributed by atoms with Crippen LogP contribution >= 0.6 is 0 Å². The van der Waals surface area contributed by atoms with E-state index in [4.69, 9.17) is 10.8 Å². The molecule has 20 heavy (non-hydrogen) atoms. The van der Waals surface area contributed by atoms with Crippen LogP contribution in [0.1, 0.15) is 27.6 Å². The SMILES string of the molecule is CCN(C(=O)c1cn[nH]c1)c1ccc(C(=O)O)cc1N. The van der Waals surface area contributed by atoms with Gasteiger partial charge >= 0.3 is 5.97 Å². The third-order valence-corrected chi connectivity index (χ3v) is 2.87. The Morgan fingerprint density at radius 2 is 2.15 bits per heavy atom. The number of benzene rings is 1. The summed E-state index contributed by atoms with van der Waals surface area (Å²) in [5.74, 6) is -1.32. The van der Waals surface area contributed by atoms with Gasteiger partial charge in [0.15, 0.2) is 0 Å². The molecular weight excluding hydrogens is 260 g/mol. The lowest BCUT2D eigenvalue weighted by Gasteiger charge is -2.22. The number of hydrogen-bond donors (Lipinski definition) is 3. The topological polar surface area (TPSA) is 112 Å². The molecule has 0 aliphatic heterocycles. The molecule has 0 radical (unpaired) electrons. The first-order valence-electron chi connectivity index (χ1n) is 5.98. The third kappa shape index (κ3) is 2.46. The fraction of sp³-hybridized carbons (Fsp3) is 0.154. The fourth-order valence-electron chi connectivity index (χ4n) is 1.88. The zero-order chi connectivity index (χ0) is 14.7. The number of hydrogen-bond acceptors (Lipinski definition) is 4. The first kappa shape index (κ1) is 13.6. The molecule has 0 aliphatic carbocycles. The number of carboxylic acids is 1. The number of aromatic nitrogens is 2. The van der Waals surface area contributed by atoms with Crippen molar-refractivity contribution >= 4 is 23.3 Å². The van der Waals surface area contributed by atoms with Gasteiger partial charge in [0.2, 0.25) is 0 Å². The Hall–Kier alpha value is -2.83. The maximum absolute atomic E-state index is 12.3. The molecule has 1 aromatic heterocycles. The second-order valence-corrected chi connectivity index (χ2v) is 4.12. The number of carboxylic acid groups (broad SMARTS) is 1. The fourth-order valence-corrected chi connectivity index (χ4v) is 1.88. The minimum Gasteiger partial charge on any atom is -0.478 e. The number of carbonyl (C=O) groups excluding carboxylic acids is 1. The summed E-state index contributed by atoms with van der Waals surface area (Å²) in [4.78, 5) is 24.6. The van der Waals surface area contributed by atoms with Crippen LogP contribution in [-0.2, 0) is 0 Å². The number of aromatic carboxylic acids is 1. The van der Waals surface area contributed by atoms with Crippen LogP contribution < -0.4 is 10.6 Å². The summed E-state index contributed by atoms with van der Waals surface area (Å²) in [5.41, 5.74) is 7.05. The van der Waals surface area contributed by atoms with E-state index in [9.17, 15) is 9.59 Å². The van der Waals surface area contributed by atoms with E-state index in [1.165, 1.54) is 35.5 Å². The second kappa shape index (κ2) is 5.43. The Balaban J connectivity index is 2.37. The molecule has 4 N–H and O–H groups in total. The molecule has 0 fully saturated rings. The van der Waals surface area contributed by atoms with Crippen molar-refractivity contribution in [1.29, 1.82) is 0 Å². The normalized spacial score (nSPS) is 10.2. The average Bonchev–Trinajstić information content (AvgIpc) is 2.94. The van der Waals surface area contributed by atoms with E-state index in [0.717, 1.165) is 0 Å². The Kier molecular flexibility index (Phi) is 3.69. The number of H-pyrrole nitrogens is 1. The summed E-state index contributed by atoms with van der Waals surface area (Å²) in [6.45, 7) is 2.21. The van der Waals surface area contributed by atoms with Gasteiger partial charge in [-0.25, -0.2) is 4.79 Å². The van der Waals surface area contributed by atoms with Crippen LogP contribution in [-0.4, -0.2) is 33.7 Å². The van der Waals surface area contributed by atoms with Crippen LogP contribution in [0, 0.1) is 0 Å². The van der Waals surface area contributed by atoms with Crippen LogP contribution in [0.15, 0.2) is 30.6 Å². The highest BCUT2D eigenvalue weighted by Gasteiger charge is 2.19. The maximum atomic E-state index is 12.3. The van der Waals surface area contributed by atoms with Gasteiger partial charge in [-0.2, -0.15) is 5.10 Å².